The molecule has 36 heavy (non-hydrogen) atoms. The molecule has 6 aromatic rings. The first-order valence-corrected chi connectivity index (χ1v) is 12.0. The van der Waals surface area contributed by atoms with E-state index >= 15 is 0 Å². The van der Waals surface area contributed by atoms with Crippen LogP contribution in [0, 0.1) is 0 Å². The second kappa shape index (κ2) is 8.64. The highest BCUT2D eigenvalue weighted by atomic mass is 16.5. The van der Waals surface area contributed by atoms with Crippen molar-refractivity contribution < 1.29 is 9.15 Å². The van der Waals surface area contributed by atoms with E-state index in [1.165, 1.54) is 5.56 Å². The predicted molar refractivity (Wildman–Crippen MR) is 141 cm³/mol. The van der Waals surface area contributed by atoms with E-state index in [1.807, 2.05) is 60.7 Å². The smallest absolute Gasteiger partial charge is 0.232 e. The van der Waals surface area contributed by atoms with Gasteiger partial charge in [0.15, 0.2) is 11.5 Å². The van der Waals surface area contributed by atoms with Crippen molar-refractivity contribution in [2.24, 2.45) is 0 Å². The van der Waals surface area contributed by atoms with Gasteiger partial charge in [0.1, 0.15) is 24.4 Å². The van der Waals surface area contributed by atoms with Crippen LogP contribution in [0.1, 0.15) is 32.2 Å². The molecule has 0 amide bonds. The molecule has 0 saturated heterocycles. The Labute approximate surface area is 209 Å². The molecule has 0 aliphatic rings. The lowest BCUT2D eigenvalue weighted by Crippen LogP contribution is -2.10. The Morgan fingerprint density at radius 3 is 2.17 bits per heavy atom. The van der Waals surface area contributed by atoms with Crippen LogP contribution in [0.5, 0.6) is 5.75 Å². The van der Waals surface area contributed by atoms with Gasteiger partial charge in [-0.1, -0.05) is 93.6 Å². The predicted octanol–water partition coefficient (Wildman–Crippen LogP) is 7.08. The number of nitrogens with zero attached hydrogens (tertiary/aromatic N) is 4. The summed E-state index contributed by atoms with van der Waals surface area (Å²) in [6.07, 6.45) is 1.64. The van der Waals surface area contributed by atoms with Crippen LogP contribution in [-0.2, 0) is 12.0 Å². The van der Waals surface area contributed by atoms with E-state index in [4.69, 9.17) is 14.1 Å². The summed E-state index contributed by atoms with van der Waals surface area (Å²) >= 11 is 0. The van der Waals surface area contributed by atoms with Crippen LogP contribution in [0.3, 0.4) is 0 Å². The summed E-state index contributed by atoms with van der Waals surface area (Å²) < 4.78 is 14.0. The molecule has 178 valence electrons. The summed E-state index contributed by atoms with van der Waals surface area (Å²) in [7, 11) is 0. The minimum absolute atomic E-state index is 0.0969. The van der Waals surface area contributed by atoms with Crippen molar-refractivity contribution in [2.75, 3.05) is 0 Å². The lowest BCUT2D eigenvalue weighted by Gasteiger charge is -2.19. The summed E-state index contributed by atoms with van der Waals surface area (Å²) in [5, 5.41) is 5.46. The number of fused-ring (bicyclic) bond motifs is 3. The molecule has 0 saturated carbocycles. The molecule has 0 aliphatic carbocycles. The van der Waals surface area contributed by atoms with Gasteiger partial charge in [-0.05, 0) is 28.7 Å². The fourth-order valence-electron chi connectivity index (χ4n) is 4.38. The zero-order valence-electron chi connectivity index (χ0n) is 20.5. The third-order valence-electron chi connectivity index (χ3n) is 6.26. The van der Waals surface area contributed by atoms with Crippen molar-refractivity contribution in [1.82, 2.24) is 19.6 Å². The molecule has 3 heterocycles. The molecular formula is C30H26N4O2. The van der Waals surface area contributed by atoms with Crippen molar-refractivity contribution in [1.29, 1.82) is 0 Å². The molecule has 0 fully saturated rings. The summed E-state index contributed by atoms with van der Waals surface area (Å²) in [6.45, 7) is 6.84. The van der Waals surface area contributed by atoms with E-state index in [9.17, 15) is 0 Å². The molecule has 0 aliphatic heterocycles. The number of ether oxygens (including phenoxy) is 1. The Balaban J connectivity index is 1.41. The van der Waals surface area contributed by atoms with Gasteiger partial charge in [-0.3, -0.25) is 0 Å². The van der Waals surface area contributed by atoms with E-state index in [0.29, 0.717) is 17.2 Å². The van der Waals surface area contributed by atoms with Gasteiger partial charge in [-0.25, -0.2) is 14.5 Å². The van der Waals surface area contributed by atoms with Crippen molar-refractivity contribution in [3.05, 3.63) is 103 Å². The Hall–Kier alpha value is -4.45. The number of rotatable bonds is 5. The van der Waals surface area contributed by atoms with Gasteiger partial charge in [0.25, 0.3) is 0 Å². The number of hydrogen-bond acceptors (Lipinski definition) is 5. The van der Waals surface area contributed by atoms with Crippen LogP contribution in [0.4, 0.5) is 0 Å². The molecule has 3 aromatic carbocycles. The molecule has 3 aromatic heterocycles. The minimum Gasteiger partial charge on any atom is -0.486 e. The van der Waals surface area contributed by atoms with E-state index < -0.39 is 0 Å². The molecule has 6 rings (SSSR count). The van der Waals surface area contributed by atoms with Crippen molar-refractivity contribution >= 4 is 16.7 Å². The number of hydrogen-bond donors (Lipinski definition) is 0. The van der Waals surface area contributed by atoms with E-state index in [0.717, 1.165) is 33.6 Å². The largest absolute Gasteiger partial charge is 0.486 e. The standard InChI is InChI=1S/C30H26N4O2/c1-30(2,3)22-14-16-23(17-15-22)35-18-24-32-28-26-25(20-10-6-4-7-11-20)27(21-12-8-5-9-13-21)36-29(26)31-19-34(28)33-24/h4-17,19H,18H2,1-3H3. The molecule has 0 spiro atoms. The van der Waals surface area contributed by atoms with Gasteiger partial charge in [-0.15, -0.1) is 5.10 Å². The second-order valence-corrected chi connectivity index (χ2v) is 9.82. The third-order valence-corrected chi connectivity index (χ3v) is 6.26. The Morgan fingerprint density at radius 2 is 1.50 bits per heavy atom. The van der Waals surface area contributed by atoms with Crippen LogP contribution in [0.2, 0.25) is 0 Å². The summed E-state index contributed by atoms with van der Waals surface area (Å²) in [5.41, 5.74) is 5.53. The normalized spacial score (nSPS) is 11.9. The van der Waals surface area contributed by atoms with Crippen molar-refractivity contribution in [3.63, 3.8) is 0 Å². The average Bonchev–Trinajstić information content (AvgIpc) is 3.49. The average molecular weight is 475 g/mol. The lowest BCUT2D eigenvalue weighted by molar-refractivity contribution is 0.296. The maximum Gasteiger partial charge on any atom is 0.232 e. The maximum absolute atomic E-state index is 6.30. The van der Waals surface area contributed by atoms with Crippen LogP contribution in [0.25, 0.3) is 39.2 Å². The summed E-state index contributed by atoms with van der Waals surface area (Å²) in [5.74, 6) is 2.12. The molecule has 6 heteroatoms. The lowest BCUT2D eigenvalue weighted by atomic mass is 9.87. The van der Waals surface area contributed by atoms with E-state index in [1.54, 1.807) is 10.8 Å². The molecule has 0 radical (unpaired) electrons. The SMILES string of the molecule is CC(C)(C)c1ccc(OCc2nc3c4c(-c5ccccc5)c(-c5ccccc5)oc4ncn3n2)cc1. The number of benzene rings is 3. The first-order chi connectivity index (χ1) is 17.5. The van der Waals surface area contributed by atoms with Crippen LogP contribution < -0.4 is 4.74 Å². The summed E-state index contributed by atoms with van der Waals surface area (Å²) in [4.78, 5) is 9.39. The van der Waals surface area contributed by atoms with Gasteiger partial charge in [0, 0.05) is 11.1 Å². The monoisotopic (exact) mass is 474 g/mol. The molecule has 0 N–H and O–H groups in total. The molecule has 0 bridgehead atoms. The Kier molecular flexibility index (Phi) is 5.29. The van der Waals surface area contributed by atoms with Crippen LogP contribution >= 0.6 is 0 Å². The van der Waals surface area contributed by atoms with Crippen molar-refractivity contribution in [3.8, 4) is 28.2 Å². The van der Waals surface area contributed by atoms with Gasteiger partial charge < -0.3 is 9.15 Å². The Bertz CT molecular complexity index is 1650. The minimum atomic E-state index is 0.0969. The first-order valence-electron chi connectivity index (χ1n) is 12.0. The highest BCUT2D eigenvalue weighted by Gasteiger charge is 2.23. The number of furan rings is 1. The van der Waals surface area contributed by atoms with Gasteiger partial charge in [-0.2, -0.15) is 0 Å². The first kappa shape index (κ1) is 22.0. The Morgan fingerprint density at radius 1 is 0.833 bits per heavy atom. The highest BCUT2D eigenvalue weighted by Crippen LogP contribution is 2.41. The third kappa shape index (κ3) is 4.01. The van der Waals surface area contributed by atoms with E-state index in [-0.39, 0.29) is 12.0 Å². The van der Waals surface area contributed by atoms with Gasteiger partial charge in [0.2, 0.25) is 5.71 Å². The zero-order chi connectivity index (χ0) is 24.7. The quantitative estimate of drug-likeness (QED) is 0.267. The van der Waals surface area contributed by atoms with Gasteiger partial charge >= 0.3 is 0 Å². The van der Waals surface area contributed by atoms with Crippen LogP contribution in [0.15, 0.2) is 95.7 Å². The molecule has 0 unspecified atom stereocenters. The topological polar surface area (TPSA) is 65.5 Å². The number of aromatic nitrogens is 4. The molecule has 6 nitrogen and oxygen atoms in total. The fourth-order valence-corrected chi connectivity index (χ4v) is 4.38. The maximum atomic E-state index is 6.30. The van der Waals surface area contributed by atoms with Crippen molar-refractivity contribution in [2.45, 2.75) is 32.8 Å². The fraction of sp³-hybridized carbons (Fsp3) is 0.167. The summed E-state index contributed by atoms with van der Waals surface area (Å²) in [6, 6.07) is 28.4. The molecular weight excluding hydrogens is 448 g/mol. The zero-order valence-corrected chi connectivity index (χ0v) is 20.5. The van der Waals surface area contributed by atoms with Gasteiger partial charge in [0.05, 0.1) is 5.39 Å². The molecule has 0 atom stereocenters. The highest BCUT2D eigenvalue weighted by molar-refractivity contribution is 6.07. The van der Waals surface area contributed by atoms with Crippen LogP contribution in [-0.4, -0.2) is 19.6 Å². The van der Waals surface area contributed by atoms with E-state index in [2.05, 4.69) is 55.1 Å². The second-order valence-electron chi connectivity index (χ2n) is 9.82.